The van der Waals surface area contributed by atoms with Crippen LogP contribution in [0.1, 0.15) is 32.6 Å². The molecule has 1 rings (SSSR count). The van der Waals surface area contributed by atoms with Crippen molar-refractivity contribution < 1.29 is 9.53 Å². The van der Waals surface area contributed by atoms with Crippen molar-refractivity contribution in [1.29, 1.82) is 0 Å². The highest BCUT2D eigenvalue weighted by Crippen LogP contribution is 2.07. The van der Waals surface area contributed by atoms with Crippen molar-refractivity contribution in [3.63, 3.8) is 0 Å². The molecule has 6 nitrogen and oxygen atoms in total. The molecule has 0 aliphatic heterocycles. The molecule has 1 amide bonds. The van der Waals surface area contributed by atoms with Gasteiger partial charge in [0.1, 0.15) is 6.33 Å². The first-order valence-electron chi connectivity index (χ1n) is 4.81. The Kier molecular flexibility index (Phi) is 3.65. The summed E-state index contributed by atoms with van der Waals surface area (Å²) >= 11 is 0. The first-order chi connectivity index (χ1) is 7.00. The largest absolute Gasteiger partial charge is 0.447 e. The Labute approximate surface area is 88.6 Å². The van der Waals surface area contributed by atoms with Crippen LogP contribution in [0.25, 0.3) is 0 Å². The van der Waals surface area contributed by atoms with E-state index < -0.39 is 6.09 Å². The second-order valence-electron chi connectivity index (χ2n) is 3.62. The average Bonchev–Trinajstić information content (AvgIpc) is 2.49. The molecule has 0 aliphatic carbocycles. The molecule has 0 aliphatic rings. The molecule has 1 aromatic heterocycles. The van der Waals surface area contributed by atoms with Gasteiger partial charge < -0.3 is 14.6 Å². The summed E-state index contributed by atoms with van der Waals surface area (Å²) in [4.78, 5) is 11.3. The zero-order valence-electron chi connectivity index (χ0n) is 9.39. The highest BCUT2D eigenvalue weighted by Gasteiger charge is 2.15. The fraction of sp³-hybridized carbons (Fsp3) is 0.667. The second-order valence-corrected chi connectivity index (χ2v) is 3.62. The molecule has 1 N–H and O–H groups in total. The molecule has 0 saturated carbocycles. The first-order valence-corrected chi connectivity index (χ1v) is 4.81. The van der Waals surface area contributed by atoms with Gasteiger partial charge in [-0.2, -0.15) is 0 Å². The van der Waals surface area contributed by atoms with Crippen molar-refractivity contribution in [3.05, 3.63) is 12.2 Å². The topological polar surface area (TPSA) is 69.0 Å². The lowest BCUT2D eigenvalue weighted by atomic mass is 10.3. The fourth-order valence-electron chi connectivity index (χ4n) is 1.17. The Morgan fingerprint density at radius 3 is 2.67 bits per heavy atom. The number of hydrogen-bond acceptors (Lipinski definition) is 4. The van der Waals surface area contributed by atoms with Crippen LogP contribution in [0, 0.1) is 0 Å². The minimum atomic E-state index is -0.444. The summed E-state index contributed by atoms with van der Waals surface area (Å²) < 4.78 is 6.70. The van der Waals surface area contributed by atoms with Crippen LogP contribution >= 0.6 is 0 Å². The van der Waals surface area contributed by atoms with E-state index in [4.69, 9.17) is 4.74 Å². The van der Waals surface area contributed by atoms with E-state index in [2.05, 4.69) is 15.5 Å². The summed E-state index contributed by atoms with van der Waals surface area (Å²) in [5, 5.41) is 10.3. The molecule has 0 bridgehead atoms. The summed E-state index contributed by atoms with van der Waals surface area (Å²) in [6.07, 6.45) is 1.01. The number of carbonyl (C=O) groups is 1. The highest BCUT2D eigenvalue weighted by atomic mass is 16.6. The lowest BCUT2D eigenvalue weighted by Crippen LogP contribution is -2.30. The van der Waals surface area contributed by atoms with Gasteiger partial charge in [-0.3, -0.25) is 0 Å². The van der Waals surface area contributed by atoms with Crippen molar-refractivity contribution in [3.8, 4) is 0 Å². The quantitative estimate of drug-likeness (QED) is 0.811. The number of alkyl carbamates (subject to hydrolysis) is 1. The van der Waals surface area contributed by atoms with Crippen molar-refractivity contribution >= 4 is 6.09 Å². The van der Waals surface area contributed by atoms with Gasteiger partial charge >= 0.3 is 6.09 Å². The third kappa shape index (κ3) is 3.23. The van der Waals surface area contributed by atoms with Gasteiger partial charge in [0.25, 0.3) is 0 Å². The zero-order chi connectivity index (χ0) is 11.4. The van der Waals surface area contributed by atoms with Crippen LogP contribution < -0.4 is 5.32 Å². The van der Waals surface area contributed by atoms with Crippen LogP contribution in [-0.2, 0) is 11.8 Å². The molecule has 1 unspecified atom stereocenters. The van der Waals surface area contributed by atoms with Crippen molar-refractivity contribution in [2.75, 3.05) is 0 Å². The molecule has 0 radical (unpaired) electrons. The molecule has 0 fully saturated rings. The van der Waals surface area contributed by atoms with E-state index in [1.165, 1.54) is 0 Å². The molecule has 1 aromatic rings. The Morgan fingerprint density at radius 1 is 1.53 bits per heavy atom. The van der Waals surface area contributed by atoms with Gasteiger partial charge in [-0.25, -0.2) is 4.79 Å². The van der Waals surface area contributed by atoms with Gasteiger partial charge in [-0.05, 0) is 20.8 Å². The summed E-state index contributed by atoms with van der Waals surface area (Å²) in [7, 11) is 1.82. The van der Waals surface area contributed by atoms with Gasteiger partial charge in [-0.15, -0.1) is 10.2 Å². The molecule has 1 heterocycles. The van der Waals surface area contributed by atoms with E-state index >= 15 is 0 Å². The minimum Gasteiger partial charge on any atom is -0.447 e. The Bertz CT molecular complexity index is 335. The maximum atomic E-state index is 11.3. The second kappa shape index (κ2) is 4.77. The summed E-state index contributed by atoms with van der Waals surface area (Å²) in [6, 6.07) is -0.219. The minimum absolute atomic E-state index is 0.128. The average molecular weight is 212 g/mol. The summed E-state index contributed by atoms with van der Waals surface area (Å²) in [5.74, 6) is 0.690. The van der Waals surface area contributed by atoms with E-state index in [9.17, 15) is 4.79 Å². The predicted octanol–water partition coefficient (Wildman–Crippen LogP) is 1.01. The molecule has 0 spiro atoms. The number of aromatic nitrogens is 3. The van der Waals surface area contributed by atoms with Crippen LogP contribution in [0.2, 0.25) is 0 Å². The standard InChI is InChI=1S/C9H16N4O2/c1-6(2)15-9(14)11-7(3)8-12-10-5-13(8)4/h5-7H,1-4H3,(H,11,14). The van der Waals surface area contributed by atoms with Gasteiger partial charge in [0.15, 0.2) is 5.82 Å². The molecule has 0 saturated heterocycles. The number of nitrogens with zero attached hydrogens (tertiary/aromatic N) is 3. The van der Waals surface area contributed by atoms with E-state index in [-0.39, 0.29) is 12.1 Å². The maximum Gasteiger partial charge on any atom is 0.407 e. The molecular weight excluding hydrogens is 196 g/mol. The van der Waals surface area contributed by atoms with E-state index in [1.807, 2.05) is 14.0 Å². The third-order valence-electron chi connectivity index (χ3n) is 1.81. The van der Waals surface area contributed by atoms with Gasteiger partial charge in [-0.1, -0.05) is 0 Å². The normalized spacial score (nSPS) is 12.6. The van der Waals surface area contributed by atoms with Crippen molar-refractivity contribution in [2.45, 2.75) is 32.9 Å². The van der Waals surface area contributed by atoms with Crippen LogP contribution in [0.4, 0.5) is 4.79 Å². The lowest BCUT2D eigenvalue weighted by Gasteiger charge is -2.14. The molecule has 6 heteroatoms. The number of hydrogen-bond donors (Lipinski definition) is 1. The number of carbonyl (C=O) groups excluding carboxylic acids is 1. The van der Waals surface area contributed by atoms with Crippen LogP contribution in [-0.4, -0.2) is 27.0 Å². The number of amides is 1. The first kappa shape index (κ1) is 11.5. The predicted molar refractivity (Wildman–Crippen MR) is 54.2 cm³/mol. The molecule has 1 atom stereocenters. The van der Waals surface area contributed by atoms with Crippen molar-refractivity contribution in [1.82, 2.24) is 20.1 Å². The SMILES string of the molecule is CC(C)OC(=O)NC(C)c1nncn1C. The number of ether oxygens (including phenoxy) is 1. The van der Waals surface area contributed by atoms with Crippen LogP contribution in [0.3, 0.4) is 0 Å². The number of rotatable bonds is 3. The van der Waals surface area contributed by atoms with Crippen molar-refractivity contribution in [2.24, 2.45) is 7.05 Å². The van der Waals surface area contributed by atoms with E-state index in [1.54, 1.807) is 24.7 Å². The smallest absolute Gasteiger partial charge is 0.407 e. The monoisotopic (exact) mass is 212 g/mol. The third-order valence-corrected chi connectivity index (χ3v) is 1.81. The number of nitrogens with one attached hydrogen (secondary N) is 1. The molecule has 15 heavy (non-hydrogen) atoms. The van der Waals surface area contributed by atoms with Crippen LogP contribution in [0.5, 0.6) is 0 Å². The zero-order valence-corrected chi connectivity index (χ0v) is 9.39. The van der Waals surface area contributed by atoms with E-state index in [0.717, 1.165) is 0 Å². The highest BCUT2D eigenvalue weighted by molar-refractivity contribution is 5.67. The van der Waals surface area contributed by atoms with Gasteiger partial charge in [0.2, 0.25) is 0 Å². The molecular formula is C9H16N4O2. The van der Waals surface area contributed by atoms with Gasteiger partial charge in [0.05, 0.1) is 12.1 Å². The number of aryl methyl sites for hydroxylation is 1. The summed E-state index contributed by atoms with van der Waals surface area (Å²) in [6.45, 7) is 5.42. The van der Waals surface area contributed by atoms with E-state index in [0.29, 0.717) is 5.82 Å². The Morgan fingerprint density at radius 2 is 2.20 bits per heavy atom. The Hall–Kier alpha value is -1.59. The lowest BCUT2D eigenvalue weighted by molar-refractivity contribution is 0.112. The Balaban J connectivity index is 2.53. The molecule has 0 aromatic carbocycles. The fourth-order valence-corrected chi connectivity index (χ4v) is 1.17. The van der Waals surface area contributed by atoms with Crippen LogP contribution in [0.15, 0.2) is 6.33 Å². The maximum absolute atomic E-state index is 11.3. The summed E-state index contributed by atoms with van der Waals surface area (Å²) in [5.41, 5.74) is 0. The molecule has 84 valence electrons. The van der Waals surface area contributed by atoms with Gasteiger partial charge in [0, 0.05) is 7.05 Å².